The average molecular weight is 341 g/mol. The van der Waals surface area contributed by atoms with E-state index in [2.05, 4.69) is 5.10 Å². The molecular formula is C20H15N5O. The first-order valence-corrected chi connectivity index (χ1v) is 8.09. The number of carbonyl (C=O) groups is 1. The fraction of sp³-hybridized carbons (Fsp3) is 0.0500. The van der Waals surface area contributed by atoms with E-state index >= 15 is 0 Å². The van der Waals surface area contributed by atoms with E-state index in [4.69, 9.17) is 11.0 Å². The molecule has 126 valence electrons. The maximum absolute atomic E-state index is 13.1. The minimum absolute atomic E-state index is 0.0500. The third-order valence-corrected chi connectivity index (χ3v) is 4.33. The lowest BCUT2D eigenvalue weighted by atomic mass is 10.2. The molecule has 0 saturated carbocycles. The van der Waals surface area contributed by atoms with E-state index in [9.17, 15) is 4.79 Å². The topological polar surface area (TPSA) is 89.6 Å². The highest BCUT2D eigenvalue weighted by atomic mass is 16.2. The van der Waals surface area contributed by atoms with Gasteiger partial charge in [0.15, 0.2) is 0 Å². The lowest BCUT2D eigenvalue weighted by Gasteiger charge is -2.11. The van der Waals surface area contributed by atoms with E-state index in [0.717, 1.165) is 21.1 Å². The number of rotatable bonds is 3. The molecule has 2 aromatic heterocycles. The number of para-hydroxylation sites is 1. The van der Waals surface area contributed by atoms with Crippen LogP contribution in [0.5, 0.6) is 0 Å². The summed E-state index contributed by atoms with van der Waals surface area (Å²) in [5.74, 6) is -0.315. The van der Waals surface area contributed by atoms with Crippen molar-refractivity contribution in [2.24, 2.45) is 0 Å². The van der Waals surface area contributed by atoms with Crippen LogP contribution in [0.25, 0.3) is 10.9 Å². The van der Waals surface area contributed by atoms with Crippen LogP contribution in [0.15, 0.2) is 66.9 Å². The molecule has 0 fully saturated rings. The number of carbonyl (C=O) groups excluding carboxylic acids is 1. The molecular weight excluding hydrogens is 326 g/mol. The summed E-state index contributed by atoms with van der Waals surface area (Å²) in [6.45, 7) is 0.543. The molecule has 0 aliphatic heterocycles. The van der Waals surface area contributed by atoms with Crippen LogP contribution in [0.2, 0.25) is 0 Å². The van der Waals surface area contributed by atoms with Gasteiger partial charge in [0.05, 0.1) is 6.20 Å². The summed E-state index contributed by atoms with van der Waals surface area (Å²) in [4.78, 5) is 13.1. The summed E-state index contributed by atoms with van der Waals surface area (Å²) in [6.07, 6.45) is 1.30. The Hall–Kier alpha value is -3.85. The lowest BCUT2D eigenvalue weighted by Crippen LogP contribution is -2.20. The van der Waals surface area contributed by atoms with E-state index < -0.39 is 0 Å². The van der Waals surface area contributed by atoms with Gasteiger partial charge < -0.3 is 10.3 Å². The summed E-state index contributed by atoms with van der Waals surface area (Å²) in [5, 5.41) is 14.0. The van der Waals surface area contributed by atoms with Crippen molar-refractivity contribution in [1.82, 2.24) is 14.3 Å². The molecule has 0 aliphatic rings. The van der Waals surface area contributed by atoms with Crippen LogP contribution in [0.4, 0.5) is 5.82 Å². The second-order valence-corrected chi connectivity index (χ2v) is 5.93. The zero-order valence-corrected chi connectivity index (χ0v) is 13.8. The van der Waals surface area contributed by atoms with E-state index in [1.54, 1.807) is 0 Å². The molecule has 4 aromatic rings. The first kappa shape index (κ1) is 15.7. The van der Waals surface area contributed by atoms with Crippen molar-refractivity contribution in [2.45, 2.75) is 6.54 Å². The largest absolute Gasteiger partial charge is 0.382 e. The van der Waals surface area contributed by atoms with Crippen molar-refractivity contribution < 1.29 is 4.79 Å². The van der Waals surface area contributed by atoms with E-state index in [0.29, 0.717) is 12.2 Å². The number of benzene rings is 2. The number of aromatic nitrogens is 3. The highest BCUT2D eigenvalue weighted by Crippen LogP contribution is 2.23. The highest BCUT2D eigenvalue weighted by molar-refractivity contribution is 6.01. The Morgan fingerprint density at radius 3 is 2.58 bits per heavy atom. The second-order valence-electron chi connectivity index (χ2n) is 5.93. The fourth-order valence-corrected chi connectivity index (χ4v) is 3.04. The number of anilines is 1. The Bertz CT molecular complexity index is 1150. The molecule has 2 N–H and O–H groups in total. The number of fused-ring (bicyclic) bond motifs is 1. The molecule has 0 atom stereocenters. The maximum Gasteiger partial charge on any atom is 0.296 e. The van der Waals surface area contributed by atoms with Crippen LogP contribution in [0.1, 0.15) is 21.6 Å². The molecule has 0 radical (unpaired) electrons. The minimum Gasteiger partial charge on any atom is -0.382 e. The van der Waals surface area contributed by atoms with Gasteiger partial charge >= 0.3 is 0 Å². The van der Waals surface area contributed by atoms with E-state index in [1.165, 1.54) is 6.20 Å². The Labute approximate surface area is 149 Å². The quantitative estimate of drug-likeness (QED) is 0.620. The number of hydrogen-bond donors (Lipinski definition) is 1. The van der Waals surface area contributed by atoms with Gasteiger partial charge in [-0.3, -0.25) is 4.79 Å². The Morgan fingerprint density at radius 1 is 1.12 bits per heavy atom. The summed E-state index contributed by atoms with van der Waals surface area (Å²) in [7, 11) is 0. The zero-order chi connectivity index (χ0) is 18.1. The number of nitrogens with two attached hydrogens (primary N) is 1. The third-order valence-electron chi connectivity index (χ3n) is 4.33. The zero-order valence-electron chi connectivity index (χ0n) is 13.8. The fourth-order valence-electron chi connectivity index (χ4n) is 3.04. The van der Waals surface area contributed by atoms with Crippen LogP contribution >= 0.6 is 0 Å². The number of nitriles is 1. The minimum atomic E-state index is -0.365. The summed E-state index contributed by atoms with van der Waals surface area (Å²) in [5.41, 5.74) is 8.58. The molecule has 0 amide bonds. The molecule has 2 heterocycles. The van der Waals surface area contributed by atoms with Gasteiger partial charge in [-0.05, 0) is 17.7 Å². The van der Waals surface area contributed by atoms with E-state index in [1.807, 2.05) is 71.3 Å². The monoisotopic (exact) mass is 341 g/mol. The predicted octanol–water partition coefficient (Wildman–Crippen LogP) is 3.03. The van der Waals surface area contributed by atoms with Crippen molar-refractivity contribution in [2.75, 3.05) is 5.73 Å². The third kappa shape index (κ3) is 2.52. The van der Waals surface area contributed by atoms with Crippen molar-refractivity contribution in [1.29, 1.82) is 5.26 Å². The first-order chi connectivity index (χ1) is 12.7. The number of hydrogen-bond acceptors (Lipinski definition) is 4. The standard InChI is InChI=1S/C20H15N5O/c21-11-16-12-23-25(19(16)22)20(26)18-10-15-8-4-5-9-17(15)24(18)13-14-6-2-1-3-7-14/h1-10,12H,13,22H2. The Kier molecular flexibility index (Phi) is 3.75. The van der Waals surface area contributed by atoms with Crippen LogP contribution in [-0.2, 0) is 6.54 Å². The second kappa shape index (κ2) is 6.22. The van der Waals surface area contributed by atoms with Gasteiger partial charge in [0.2, 0.25) is 0 Å². The van der Waals surface area contributed by atoms with Crippen LogP contribution in [-0.4, -0.2) is 20.3 Å². The van der Waals surface area contributed by atoms with E-state index in [-0.39, 0.29) is 17.3 Å². The first-order valence-electron chi connectivity index (χ1n) is 8.09. The molecule has 0 unspecified atom stereocenters. The molecule has 26 heavy (non-hydrogen) atoms. The van der Waals surface area contributed by atoms with Crippen molar-refractivity contribution in [3.8, 4) is 6.07 Å². The smallest absolute Gasteiger partial charge is 0.296 e. The lowest BCUT2D eigenvalue weighted by molar-refractivity contribution is 0.0939. The van der Waals surface area contributed by atoms with Crippen LogP contribution in [0.3, 0.4) is 0 Å². The average Bonchev–Trinajstić information content (AvgIpc) is 3.23. The van der Waals surface area contributed by atoms with Gasteiger partial charge in [-0.25, -0.2) is 0 Å². The summed E-state index contributed by atoms with van der Waals surface area (Å²) in [6, 6.07) is 21.5. The normalized spacial score (nSPS) is 10.7. The van der Waals surface area contributed by atoms with Gasteiger partial charge in [-0.15, -0.1) is 0 Å². The summed E-state index contributed by atoms with van der Waals surface area (Å²) >= 11 is 0. The van der Waals surface area contributed by atoms with Crippen LogP contribution in [0, 0.1) is 11.3 Å². The molecule has 4 rings (SSSR count). The number of nitrogen functional groups attached to an aromatic ring is 1. The van der Waals surface area contributed by atoms with Gasteiger partial charge in [0.1, 0.15) is 23.1 Å². The van der Waals surface area contributed by atoms with Crippen molar-refractivity contribution in [3.05, 3.63) is 83.7 Å². The summed E-state index contributed by atoms with van der Waals surface area (Å²) < 4.78 is 3.02. The predicted molar refractivity (Wildman–Crippen MR) is 98.6 cm³/mol. The Morgan fingerprint density at radius 2 is 1.85 bits per heavy atom. The van der Waals surface area contributed by atoms with Crippen molar-refractivity contribution >= 4 is 22.6 Å². The van der Waals surface area contributed by atoms with Gasteiger partial charge in [0, 0.05) is 17.4 Å². The molecule has 0 aliphatic carbocycles. The van der Waals surface area contributed by atoms with Gasteiger partial charge in [-0.2, -0.15) is 15.0 Å². The SMILES string of the molecule is N#Cc1cnn(C(=O)c2cc3ccccc3n2Cc2ccccc2)c1N. The van der Waals surface area contributed by atoms with Gasteiger partial charge in [-0.1, -0.05) is 48.5 Å². The maximum atomic E-state index is 13.1. The molecule has 0 saturated heterocycles. The Balaban J connectivity index is 1.86. The molecule has 2 aromatic carbocycles. The van der Waals surface area contributed by atoms with Crippen molar-refractivity contribution in [3.63, 3.8) is 0 Å². The molecule has 6 nitrogen and oxygen atoms in total. The molecule has 6 heteroatoms. The highest BCUT2D eigenvalue weighted by Gasteiger charge is 2.21. The molecule has 0 spiro atoms. The van der Waals surface area contributed by atoms with Crippen LogP contribution < -0.4 is 5.73 Å². The van der Waals surface area contributed by atoms with Gasteiger partial charge in [0.25, 0.3) is 5.91 Å². The number of nitrogens with zero attached hydrogens (tertiary/aromatic N) is 4. The molecule has 0 bridgehead atoms.